The second kappa shape index (κ2) is 7.92. The highest BCUT2D eigenvalue weighted by Gasteiger charge is 2.44. The third kappa shape index (κ3) is 4.30. The summed E-state index contributed by atoms with van der Waals surface area (Å²) in [5.41, 5.74) is 1.50. The van der Waals surface area contributed by atoms with Crippen LogP contribution in [0.2, 0.25) is 5.02 Å². The van der Waals surface area contributed by atoms with E-state index in [0.29, 0.717) is 29.0 Å². The van der Waals surface area contributed by atoms with Crippen molar-refractivity contribution in [1.29, 1.82) is 4.78 Å². The van der Waals surface area contributed by atoms with Crippen molar-refractivity contribution in [3.63, 3.8) is 0 Å². The molecule has 1 aromatic carbocycles. The number of fused-ring (bicyclic) bond motifs is 1. The normalized spacial score (nSPS) is 24.8. The minimum Gasteiger partial charge on any atom is -0.441 e. The Kier molecular flexibility index (Phi) is 5.33. The molecule has 2 aliphatic rings. The van der Waals surface area contributed by atoms with Crippen molar-refractivity contribution in [1.82, 2.24) is 10.3 Å². The first-order chi connectivity index (χ1) is 15.2. The Labute approximate surface area is 191 Å². The maximum Gasteiger partial charge on any atom is 0.287 e. The Morgan fingerprint density at radius 2 is 2.06 bits per heavy atom. The lowest BCUT2D eigenvalue weighted by Crippen LogP contribution is -2.51. The number of carbonyl (C=O) groups excluding carboxylic acids is 1. The minimum atomic E-state index is -2.97. The predicted molar refractivity (Wildman–Crippen MR) is 121 cm³/mol. The summed E-state index contributed by atoms with van der Waals surface area (Å²) in [6.45, 7) is 2.14. The van der Waals surface area contributed by atoms with Gasteiger partial charge in [-0.15, -0.1) is 0 Å². The first-order valence-electron chi connectivity index (χ1n) is 11.0. The zero-order chi connectivity index (χ0) is 22.5. The van der Waals surface area contributed by atoms with Crippen LogP contribution >= 0.6 is 11.6 Å². The number of furan rings is 1. The van der Waals surface area contributed by atoms with E-state index in [4.69, 9.17) is 25.2 Å². The van der Waals surface area contributed by atoms with Crippen molar-refractivity contribution in [3.05, 3.63) is 47.0 Å². The molecule has 170 valence electrons. The van der Waals surface area contributed by atoms with Crippen molar-refractivity contribution in [3.8, 4) is 0 Å². The van der Waals surface area contributed by atoms with Crippen LogP contribution in [-0.2, 0) is 16.1 Å². The van der Waals surface area contributed by atoms with Crippen molar-refractivity contribution < 1.29 is 17.8 Å². The molecule has 0 radical (unpaired) electrons. The smallest absolute Gasteiger partial charge is 0.287 e. The van der Waals surface area contributed by atoms with Gasteiger partial charge < -0.3 is 14.2 Å². The number of nitrogens with one attached hydrogen (secondary N) is 2. The molecule has 0 spiro atoms. The van der Waals surface area contributed by atoms with E-state index in [2.05, 4.69) is 17.2 Å². The molecule has 3 aromatic rings. The first kappa shape index (κ1) is 21.5. The van der Waals surface area contributed by atoms with E-state index in [-0.39, 0.29) is 28.2 Å². The molecule has 0 bridgehead atoms. The number of carbonyl (C=O) groups is 1. The molecule has 2 aromatic heterocycles. The van der Waals surface area contributed by atoms with Gasteiger partial charge in [-0.2, -0.15) is 0 Å². The van der Waals surface area contributed by atoms with Crippen LogP contribution in [0.5, 0.6) is 0 Å². The van der Waals surface area contributed by atoms with E-state index >= 15 is 0 Å². The molecular weight excluding hydrogens is 450 g/mol. The molecule has 5 rings (SSSR count). The summed E-state index contributed by atoms with van der Waals surface area (Å²) in [4.78, 5) is 17.2. The summed E-state index contributed by atoms with van der Waals surface area (Å²) in [5.74, 6) is 1.12. The summed E-state index contributed by atoms with van der Waals surface area (Å²) in [5, 5.41) is 3.73. The Morgan fingerprint density at radius 3 is 2.78 bits per heavy atom. The zero-order valence-electron chi connectivity index (χ0n) is 17.9. The second-order valence-electron chi connectivity index (χ2n) is 9.23. The lowest BCUT2D eigenvalue weighted by Gasteiger charge is -2.47. The lowest BCUT2D eigenvalue weighted by molar-refractivity contribution is 0.0575. The molecule has 0 saturated heterocycles. The zero-order valence-corrected chi connectivity index (χ0v) is 19.4. The van der Waals surface area contributed by atoms with Gasteiger partial charge in [0.05, 0.1) is 0 Å². The molecule has 7 nitrogen and oxygen atoms in total. The van der Waals surface area contributed by atoms with Crippen LogP contribution in [0.4, 0.5) is 0 Å². The average Bonchev–Trinajstić information content (AvgIpc) is 3.22. The van der Waals surface area contributed by atoms with Crippen molar-refractivity contribution in [2.45, 2.75) is 56.6 Å². The van der Waals surface area contributed by atoms with Crippen LogP contribution in [0, 0.1) is 16.1 Å². The number of halogens is 1. The average molecular weight is 476 g/mol. The standard InChI is InChI=1S/C23H26ClN3O4S/c1-2-23(12-20-27-17-9-15(24)5-6-18(17)30-20)10-16(11-23)26-22(28)19-7-8-21(31-19)32(25,29)13-14-3-4-14/h5-9,14,16,25H,2-4,10-13H2,1H3,(H,26,28)/t16-,23+,32?. The van der Waals surface area contributed by atoms with Crippen LogP contribution in [-0.4, -0.2) is 26.9 Å². The molecule has 32 heavy (non-hydrogen) atoms. The second-order valence-corrected chi connectivity index (χ2v) is 11.8. The molecule has 2 fully saturated rings. The van der Waals surface area contributed by atoms with Gasteiger partial charge in [0.15, 0.2) is 22.3 Å². The van der Waals surface area contributed by atoms with E-state index in [1.165, 1.54) is 12.1 Å². The van der Waals surface area contributed by atoms with Gasteiger partial charge in [0, 0.05) is 23.2 Å². The highest BCUT2D eigenvalue weighted by molar-refractivity contribution is 7.92. The SMILES string of the molecule is CC[C@]1(Cc2nc3cc(Cl)ccc3o2)C[C@@H](NC(=O)c2ccc(S(=N)(=O)CC3CC3)o2)C1. The van der Waals surface area contributed by atoms with Gasteiger partial charge >= 0.3 is 0 Å². The number of nitrogens with zero attached hydrogens (tertiary/aromatic N) is 1. The van der Waals surface area contributed by atoms with E-state index in [0.717, 1.165) is 43.2 Å². The van der Waals surface area contributed by atoms with E-state index in [1.807, 2.05) is 6.07 Å². The molecule has 2 N–H and O–H groups in total. The fraction of sp³-hybridized carbons (Fsp3) is 0.478. The lowest BCUT2D eigenvalue weighted by atomic mass is 9.62. The van der Waals surface area contributed by atoms with E-state index in [9.17, 15) is 9.00 Å². The van der Waals surface area contributed by atoms with Crippen LogP contribution in [0.25, 0.3) is 11.1 Å². The Bertz CT molecular complexity index is 1270. The molecule has 9 heteroatoms. The molecule has 1 unspecified atom stereocenters. The molecular formula is C23H26ClN3O4S. The maximum atomic E-state index is 12.6. The van der Waals surface area contributed by atoms with Gasteiger partial charge in [0.1, 0.15) is 15.2 Å². The third-order valence-corrected chi connectivity index (χ3v) is 8.71. The van der Waals surface area contributed by atoms with Crippen LogP contribution in [0.3, 0.4) is 0 Å². The number of oxazole rings is 1. The number of aromatic nitrogens is 1. The van der Waals surface area contributed by atoms with Crippen LogP contribution in [0.15, 0.2) is 44.3 Å². The summed E-state index contributed by atoms with van der Waals surface area (Å²) in [6, 6.07) is 8.46. The van der Waals surface area contributed by atoms with Crippen LogP contribution in [0.1, 0.15) is 55.5 Å². The van der Waals surface area contributed by atoms with Gasteiger partial charge in [0.2, 0.25) is 0 Å². The van der Waals surface area contributed by atoms with Crippen molar-refractivity contribution >= 4 is 38.3 Å². The number of amides is 1. The third-order valence-electron chi connectivity index (χ3n) is 6.66. The molecule has 2 saturated carbocycles. The minimum absolute atomic E-state index is 0.0245. The van der Waals surface area contributed by atoms with E-state index in [1.54, 1.807) is 12.1 Å². The van der Waals surface area contributed by atoms with Crippen molar-refractivity contribution in [2.24, 2.45) is 11.3 Å². The van der Waals surface area contributed by atoms with Gasteiger partial charge in [-0.25, -0.2) is 14.0 Å². The summed E-state index contributed by atoms with van der Waals surface area (Å²) in [7, 11) is -2.97. The Hall–Kier alpha value is -2.32. The first-order valence-corrected chi connectivity index (χ1v) is 13.1. The maximum absolute atomic E-state index is 12.6. The number of benzene rings is 1. The quantitative estimate of drug-likeness (QED) is 0.452. The Morgan fingerprint density at radius 1 is 1.28 bits per heavy atom. The largest absolute Gasteiger partial charge is 0.441 e. The monoisotopic (exact) mass is 475 g/mol. The fourth-order valence-corrected chi connectivity index (χ4v) is 6.40. The van der Waals surface area contributed by atoms with Gasteiger partial charge in [-0.05, 0) is 73.8 Å². The molecule has 2 aliphatic carbocycles. The number of rotatable bonds is 8. The molecule has 1 atom stereocenters. The van der Waals surface area contributed by atoms with Crippen molar-refractivity contribution in [2.75, 3.05) is 5.75 Å². The molecule has 0 aliphatic heterocycles. The van der Waals surface area contributed by atoms with Gasteiger partial charge in [0.25, 0.3) is 5.91 Å². The predicted octanol–water partition coefficient (Wildman–Crippen LogP) is 5.42. The summed E-state index contributed by atoms with van der Waals surface area (Å²) >= 11 is 6.04. The topological polar surface area (TPSA) is 109 Å². The Balaban J connectivity index is 1.20. The molecule has 1 amide bonds. The summed E-state index contributed by atoms with van der Waals surface area (Å²) in [6.07, 6.45) is 5.32. The molecule has 2 heterocycles. The highest BCUT2D eigenvalue weighted by atomic mass is 35.5. The van der Waals surface area contributed by atoms with Crippen LogP contribution < -0.4 is 5.32 Å². The fourth-order valence-electron chi connectivity index (χ4n) is 4.56. The van der Waals surface area contributed by atoms with E-state index < -0.39 is 9.73 Å². The number of hydrogen-bond donors (Lipinski definition) is 2. The summed E-state index contributed by atoms with van der Waals surface area (Å²) < 4.78 is 32.1. The highest BCUT2D eigenvalue weighted by Crippen LogP contribution is 2.47. The van der Waals surface area contributed by atoms with Gasteiger partial charge in [-0.1, -0.05) is 18.5 Å². The number of hydrogen-bond acceptors (Lipinski definition) is 6. The van der Waals surface area contributed by atoms with Gasteiger partial charge in [-0.3, -0.25) is 4.79 Å².